The lowest BCUT2D eigenvalue weighted by molar-refractivity contribution is -0.384. The van der Waals surface area contributed by atoms with Crippen LogP contribution in [0.1, 0.15) is 6.42 Å². The third kappa shape index (κ3) is 9.70. The van der Waals surface area contributed by atoms with E-state index < -0.39 is 16.9 Å². The van der Waals surface area contributed by atoms with E-state index in [9.17, 15) is 29.6 Å². The fraction of sp³-hybridized carbons (Fsp3) is 0.320. The Labute approximate surface area is 213 Å². The zero-order valence-electron chi connectivity index (χ0n) is 20.2. The number of para-hydroxylation sites is 3. The van der Waals surface area contributed by atoms with Gasteiger partial charge < -0.3 is 25.1 Å². The lowest BCUT2D eigenvalue weighted by atomic mass is 10.2. The van der Waals surface area contributed by atoms with Crippen LogP contribution in [0.4, 0.5) is 17.1 Å². The molecule has 1 fully saturated rings. The number of rotatable bonds is 10. The van der Waals surface area contributed by atoms with Crippen molar-refractivity contribution >= 4 is 34.9 Å². The van der Waals surface area contributed by atoms with Gasteiger partial charge in [-0.25, -0.2) is 9.59 Å². The Hall–Kier alpha value is -4.29. The van der Waals surface area contributed by atoms with Crippen LogP contribution in [-0.4, -0.2) is 88.9 Å². The fourth-order valence-corrected chi connectivity index (χ4v) is 3.68. The molecule has 1 aliphatic rings. The first-order chi connectivity index (χ1) is 17.7. The molecule has 3 N–H and O–H groups in total. The molecule has 1 heterocycles. The van der Waals surface area contributed by atoms with Crippen molar-refractivity contribution in [3.05, 3.63) is 76.9 Å². The highest BCUT2D eigenvalue weighted by molar-refractivity contribution is 5.97. The van der Waals surface area contributed by atoms with E-state index in [4.69, 9.17) is 10.2 Å². The predicted molar refractivity (Wildman–Crippen MR) is 137 cm³/mol. The molecule has 37 heavy (non-hydrogen) atoms. The molecule has 198 valence electrons. The van der Waals surface area contributed by atoms with Gasteiger partial charge in [0.2, 0.25) is 5.91 Å². The zero-order valence-corrected chi connectivity index (χ0v) is 20.2. The minimum Gasteiger partial charge on any atom is -0.478 e. The summed E-state index contributed by atoms with van der Waals surface area (Å²) in [7, 11) is 0. The summed E-state index contributed by atoms with van der Waals surface area (Å²) >= 11 is 0. The first-order valence-electron chi connectivity index (χ1n) is 11.5. The number of carboxylic acids is 2. The molecule has 1 aliphatic heterocycles. The number of aliphatic carboxylic acids is 2. The average molecular weight is 515 g/mol. The maximum absolute atomic E-state index is 13.0. The van der Waals surface area contributed by atoms with Gasteiger partial charge in [0.1, 0.15) is 5.69 Å². The molecule has 0 spiro atoms. The van der Waals surface area contributed by atoms with Crippen LogP contribution < -0.4 is 9.80 Å². The molecular formula is C25H30N4O8. The fourth-order valence-electron chi connectivity index (χ4n) is 3.68. The molecule has 1 amide bonds. The number of nitro benzene ring substituents is 1. The summed E-state index contributed by atoms with van der Waals surface area (Å²) in [5, 5.41) is 36.2. The Morgan fingerprint density at radius 1 is 0.919 bits per heavy atom. The van der Waals surface area contributed by atoms with Crippen molar-refractivity contribution in [2.24, 2.45) is 0 Å². The number of hydrogen-bond acceptors (Lipinski definition) is 8. The maximum atomic E-state index is 13.0. The number of benzene rings is 2. The van der Waals surface area contributed by atoms with E-state index in [1.54, 1.807) is 18.2 Å². The summed E-state index contributed by atoms with van der Waals surface area (Å²) in [6.07, 6.45) is 1.48. The predicted octanol–water partition coefficient (Wildman–Crippen LogP) is 1.84. The molecule has 12 heteroatoms. The molecule has 0 aliphatic carbocycles. The number of carbonyl (C=O) groups is 3. The second kappa shape index (κ2) is 15.0. The van der Waals surface area contributed by atoms with Crippen LogP contribution in [0.15, 0.2) is 66.7 Å². The number of nitro groups is 1. The topological polar surface area (TPSA) is 165 Å². The summed E-state index contributed by atoms with van der Waals surface area (Å²) < 4.78 is 0. The second-order valence-electron chi connectivity index (χ2n) is 7.98. The number of amides is 1. The smallest absolute Gasteiger partial charge is 0.328 e. The number of hydrogen-bond donors (Lipinski definition) is 3. The molecule has 3 rings (SSSR count). The number of anilines is 2. The lowest BCUT2D eigenvalue weighted by Crippen LogP contribution is -2.50. The quantitative estimate of drug-likeness (QED) is 0.242. The van der Waals surface area contributed by atoms with Gasteiger partial charge in [0, 0.05) is 63.2 Å². The third-order valence-electron chi connectivity index (χ3n) is 5.43. The second-order valence-corrected chi connectivity index (χ2v) is 7.98. The van der Waals surface area contributed by atoms with Crippen molar-refractivity contribution in [1.29, 1.82) is 0 Å². The number of aliphatic hydroxyl groups is 1. The Kier molecular flexibility index (Phi) is 11.7. The Morgan fingerprint density at radius 3 is 2.03 bits per heavy atom. The van der Waals surface area contributed by atoms with Gasteiger partial charge in [-0.2, -0.15) is 0 Å². The molecule has 0 radical (unpaired) electrons. The summed E-state index contributed by atoms with van der Waals surface area (Å²) in [6, 6.07) is 16.4. The van der Waals surface area contributed by atoms with Crippen LogP contribution >= 0.6 is 0 Å². The number of nitrogens with zero attached hydrogens (tertiary/aromatic N) is 4. The Balaban J connectivity index is 0.000000521. The van der Waals surface area contributed by atoms with E-state index in [1.165, 1.54) is 16.7 Å². The highest BCUT2D eigenvalue weighted by Gasteiger charge is 2.26. The first kappa shape index (κ1) is 28.9. The van der Waals surface area contributed by atoms with E-state index in [1.807, 2.05) is 18.2 Å². The molecule has 2 aromatic carbocycles. The van der Waals surface area contributed by atoms with Crippen LogP contribution in [0.2, 0.25) is 0 Å². The number of aliphatic hydroxyl groups excluding tert-OH is 1. The van der Waals surface area contributed by atoms with Gasteiger partial charge in [-0.05, 0) is 24.6 Å². The molecule has 2 aromatic rings. The summed E-state index contributed by atoms with van der Waals surface area (Å²) in [6.45, 7) is 3.47. The van der Waals surface area contributed by atoms with Crippen molar-refractivity contribution in [1.82, 2.24) is 4.90 Å². The van der Waals surface area contributed by atoms with Gasteiger partial charge in [0.15, 0.2) is 0 Å². The maximum Gasteiger partial charge on any atom is 0.328 e. The third-order valence-corrected chi connectivity index (χ3v) is 5.43. The lowest BCUT2D eigenvalue weighted by Gasteiger charge is -2.36. The average Bonchev–Trinajstić information content (AvgIpc) is 2.89. The van der Waals surface area contributed by atoms with Crippen LogP contribution in [0.3, 0.4) is 0 Å². The van der Waals surface area contributed by atoms with Crippen molar-refractivity contribution < 1.29 is 34.6 Å². The van der Waals surface area contributed by atoms with Crippen molar-refractivity contribution in [3.8, 4) is 0 Å². The number of piperazine rings is 1. The van der Waals surface area contributed by atoms with E-state index in [2.05, 4.69) is 21.9 Å². The van der Waals surface area contributed by atoms with Gasteiger partial charge in [0.25, 0.3) is 5.69 Å². The SMILES string of the molecule is O=C(CN1CCN(c2ccccc2)CC1)N(CCCO)c1ccccc1[N+](=O)[O-].O=C(O)C=CC(=O)O. The standard InChI is InChI=1S/C21H26N4O4.C4H4O4/c26-16-6-11-24(19-9-4-5-10-20(19)25(28)29)21(27)17-22-12-14-23(15-13-22)18-7-2-1-3-8-18;5-3(6)1-2-4(7)8/h1-5,7-10,26H,6,11-17H2;1-2H,(H,5,6)(H,7,8). The highest BCUT2D eigenvalue weighted by Crippen LogP contribution is 2.28. The molecule has 0 unspecified atom stereocenters. The first-order valence-corrected chi connectivity index (χ1v) is 11.5. The Bertz CT molecular complexity index is 1070. The van der Waals surface area contributed by atoms with Gasteiger partial charge >= 0.3 is 11.9 Å². The normalized spacial score (nSPS) is 13.5. The number of carboxylic acid groups (broad SMARTS) is 2. The largest absolute Gasteiger partial charge is 0.478 e. The summed E-state index contributed by atoms with van der Waals surface area (Å²) in [5.41, 5.74) is 1.34. The molecule has 0 atom stereocenters. The molecule has 0 saturated carbocycles. The Morgan fingerprint density at radius 2 is 1.49 bits per heavy atom. The van der Waals surface area contributed by atoms with Gasteiger partial charge in [-0.15, -0.1) is 0 Å². The van der Waals surface area contributed by atoms with Gasteiger partial charge in [0.05, 0.1) is 11.5 Å². The summed E-state index contributed by atoms with van der Waals surface area (Å²) in [4.78, 5) is 48.8. The van der Waals surface area contributed by atoms with Crippen LogP contribution in [0, 0.1) is 10.1 Å². The summed E-state index contributed by atoms with van der Waals surface area (Å²) in [5.74, 6) is -2.71. The van der Waals surface area contributed by atoms with E-state index in [0.717, 1.165) is 26.2 Å². The van der Waals surface area contributed by atoms with Crippen molar-refractivity contribution in [2.45, 2.75) is 6.42 Å². The molecule has 0 bridgehead atoms. The van der Waals surface area contributed by atoms with E-state index >= 15 is 0 Å². The van der Waals surface area contributed by atoms with Crippen LogP contribution in [0.5, 0.6) is 0 Å². The van der Waals surface area contributed by atoms with Crippen molar-refractivity contribution in [3.63, 3.8) is 0 Å². The van der Waals surface area contributed by atoms with Crippen molar-refractivity contribution in [2.75, 3.05) is 55.7 Å². The van der Waals surface area contributed by atoms with Gasteiger partial charge in [-0.1, -0.05) is 30.3 Å². The van der Waals surface area contributed by atoms with E-state index in [-0.39, 0.29) is 37.0 Å². The van der Waals surface area contributed by atoms with Crippen LogP contribution in [0.25, 0.3) is 0 Å². The molecule has 0 aromatic heterocycles. The zero-order chi connectivity index (χ0) is 27.2. The molecular weight excluding hydrogens is 484 g/mol. The highest BCUT2D eigenvalue weighted by atomic mass is 16.6. The number of carbonyl (C=O) groups excluding carboxylic acids is 1. The minimum atomic E-state index is -1.26. The monoisotopic (exact) mass is 514 g/mol. The van der Waals surface area contributed by atoms with Crippen LogP contribution in [-0.2, 0) is 14.4 Å². The van der Waals surface area contributed by atoms with Gasteiger partial charge in [-0.3, -0.25) is 19.8 Å². The molecule has 1 saturated heterocycles. The van der Waals surface area contributed by atoms with E-state index in [0.29, 0.717) is 18.6 Å². The minimum absolute atomic E-state index is 0.0832. The molecule has 12 nitrogen and oxygen atoms in total.